The molecule has 2 N–H and O–H groups in total. The van der Waals surface area contributed by atoms with E-state index in [0.717, 1.165) is 0 Å². The standard InChI is InChI=1S/C14H13ClN4O3S/c15-10-1-3-11(4-2-10)23(21,22)18-7-8-19-9-17-12-5-6-16-13(12)14(19)20/h1-6,9,16,18H,7-8H2. The zero-order valence-corrected chi connectivity index (χ0v) is 13.4. The molecule has 120 valence electrons. The van der Waals surface area contributed by atoms with Crippen LogP contribution in [0.15, 0.2) is 52.5 Å². The van der Waals surface area contributed by atoms with Crippen molar-refractivity contribution >= 4 is 32.7 Å². The summed E-state index contributed by atoms with van der Waals surface area (Å²) in [6.45, 7) is 0.242. The van der Waals surface area contributed by atoms with Crippen molar-refractivity contribution in [3.63, 3.8) is 0 Å². The van der Waals surface area contributed by atoms with E-state index in [1.54, 1.807) is 12.3 Å². The van der Waals surface area contributed by atoms with Crippen LogP contribution in [0.3, 0.4) is 0 Å². The van der Waals surface area contributed by atoms with Crippen molar-refractivity contribution in [3.05, 3.63) is 58.2 Å². The molecule has 9 heteroatoms. The average Bonchev–Trinajstić information content (AvgIpc) is 2.99. The van der Waals surface area contributed by atoms with Crippen LogP contribution in [-0.4, -0.2) is 29.5 Å². The maximum absolute atomic E-state index is 12.2. The molecule has 0 fully saturated rings. The maximum Gasteiger partial charge on any atom is 0.277 e. The van der Waals surface area contributed by atoms with E-state index in [1.807, 2.05) is 0 Å². The SMILES string of the molecule is O=c1c2[nH]ccc2ncn1CCNS(=O)(=O)c1ccc(Cl)cc1. The van der Waals surface area contributed by atoms with Gasteiger partial charge in [-0.15, -0.1) is 0 Å². The summed E-state index contributed by atoms with van der Waals surface area (Å²) in [5.74, 6) is 0. The van der Waals surface area contributed by atoms with Gasteiger partial charge in [0, 0.05) is 24.3 Å². The molecule has 0 spiro atoms. The van der Waals surface area contributed by atoms with E-state index >= 15 is 0 Å². The number of nitrogens with zero attached hydrogens (tertiary/aromatic N) is 2. The molecule has 23 heavy (non-hydrogen) atoms. The van der Waals surface area contributed by atoms with Crippen LogP contribution < -0.4 is 10.3 Å². The number of H-pyrrole nitrogens is 1. The number of aromatic amines is 1. The molecule has 0 aliphatic heterocycles. The molecule has 7 nitrogen and oxygen atoms in total. The quantitative estimate of drug-likeness (QED) is 0.724. The normalized spacial score (nSPS) is 11.9. The number of sulfonamides is 1. The van der Waals surface area contributed by atoms with Crippen LogP contribution in [0, 0.1) is 0 Å². The Bertz CT molecular complexity index is 993. The summed E-state index contributed by atoms with van der Waals surface area (Å²) in [7, 11) is -3.64. The third kappa shape index (κ3) is 3.29. The lowest BCUT2D eigenvalue weighted by atomic mass is 10.4. The van der Waals surface area contributed by atoms with Crippen molar-refractivity contribution in [1.82, 2.24) is 19.3 Å². The van der Waals surface area contributed by atoms with E-state index in [9.17, 15) is 13.2 Å². The molecule has 0 radical (unpaired) electrons. The summed E-state index contributed by atoms with van der Waals surface area (Å²) in [6.07, 6.45) is 3.03. The van der Waals surface area contributed by atoms with E-state index in [-0.39, 0.29) is 23.5 Å². The fourth-order valence-electron chi connectivity index (χ4n) is 2.12. The molecule has 0 saturated carbocycles. The minimum Gasteiger partial charge on any atom is -0.355 e. The van der Waals surface area contributed by atoms with E-state index < -0.39 is 10.0 Å². The fraction of sp³-hybridized carbons (Fsp3) is 0.143. The highest BCUT2D eigenvalue weighted by atomic mass is 35.5. The third-order valence-corrected chi connectivity index (χ3v) is 5.03. The average molecular weight is 353 g/mol. The van der Waals surface area contributed by atoms with Crippen molar-refractivity contribution in [1.29, 1.82) is 0 Å². The molecular weight excluding hydrogens is 340 g/mol. The number of benzene rings is 1. The molecule has 0 bridgehead atoms. The van der Waals surface area contributed by atoms with Crippen LogP contribution in [0.2, 0.25) is 5.02 Å². The Morgan fingerprint density at radius 2 is 1.96 bits per heavy atom. The summed E-state index contributed by atoms with van der Waals surface area (Å²) < 4.78 is 28.0. The monoisotopic (exact) mass is 352 g/mol. The van der Waals surface area contributed by atoms with Crippen LogP contribution in [0.5, 0.6) is 0 Å². The van der Waals surface area contributed by atoms with Crippen LogP contribution >= 0.6 is 11.6 Å². The van der Waals surface area contributed by atoms with Crippen molar-refractivity contribution in [2.24, 2.45) is 0 Å². The Morgan fingerprint density at radius 1 is 1.22 bits per heavy atom. The first kappa shape index (κ1) is 15.7. The molecule has 3 aromatic rings. The summed E-state index contributed by atoms with van der Waals surface area (Å²) in [4.78, 5) is 19.2. The molecular formula is C14H13ClN4O3S. The highest BCUT2D eigenvalue weighted by Crippen LogP contribution is 2.13. The minimum absolute atomic E-state index is 0.0682. The van der Waals surface area contributed by atoms with E-state index in [1.165, 1.54) is 35.2 Å². The largest absolute Gasteiger partial charge is 0.355 e. The number of hydrogen-bond donors (Lipinski definition) is 2. The number of aromatic nitrogens is 3. The van der Waals surface area contributed by atoms with E-state index in [2.05, 4.69) is 14.7 Å². The van der Waals surface area contributed by atoms with Crippen molar-refractivity contribution < 1.29 is 8.42 Å². The molecule has 0 atom stereocenters. The number of hydrogen-bond acceptors (Lipinski definition) is 4. The second-order valence-electron chi connectivity index (χ2n) is 4.83. The van der Waals surface area contributed by atoms with Gasteiger partial charge in [0.1, 0.15) is 5.52 Å². The molecule has 2 aromatic heterocycles. The molecule has 0 aliphatic carbocycles. The Balaban J connectivity index is 1.71. The second-order valence-corrected chi connectivity index (χ2v) is 7.04. The lowest BCUT2D eigenvalue weighted by molar-refractivity contribution is 0.569. The van der Waals surface area contributed by atoms with E-state index in [0.29, 0.717) is 16.1 Å². The number of nitrogens with one attached hydrogen (secondary N) is 2. The Kier molecular flexibility index (Phi) is 4.20. The zero-order chi connectivity index (χ0) is 16.4. The first-order valence-corrected chi connectivity index (χ1v) is 8.61. The minimum atomic E-state index is -3.64. The predicted octanol–water partition coefficient (Wildman–Crippen LogP) is 1.36. The zero-order valence-electron chi connectivity index (χ0n) is 11.9. The molecule has 0 unspecified atom stereocenters. The molecule has 2 heterocycles. The van der Waals surface area contributed by atoms with Crippen molar-refractivity contribution in [2.75, 3.05) is 6.54 Å². The summed E-state index contributed by atoms with van der Waals surface area (Å²) in [5, 5.41) is 0.459. The van der Waals surface area contributed by atoms with Crippen LogP contribution in [-0.2, 0) is 16.6 Å². The maximum atomic E-state index is 12.2. The van der Waals surface area contributed by atoms with Gasteiger partial charge in [-0.2, -0.15) is 0 Å². The molecule has 0 amide bonds. The molecule has 0 aliphatic rings. The Hall–Kier alpha value is -2.16. The lowest BCUT2D eigenvalue weighted by Gasteiger charge is -2.08. The predicted molar refractivity (Wildman–Crippen MR) is 87.0 cm³/mol. The first-order valence-electron chi connectivity index (χ1n) is 6.75. The Labute approximate surface area is 137 Å². The van der Waals surface area contributed by atoms with Gasteiger partial charge < -0.3 is 4.98 Å². The fourth-order valence-corrected chi connectivity index (χ4v) is 3.27. The molecule has 1 aromatic carbocycles. The molecule has 3 rings (SSSR count). The van der Waals surface area contributed by atoms with Crippen LogP contribution in [0.1, 0.15) is 0 Å². The van der Waals surface area contributed by atoms with Crippen LogP contribution in [0.4, 0.5) is 0 Å². The third-order valence-electron chi connectivity index (χ3n) is 3.30. The van der Waals surface area contributed by atoms with Gasteiger partial charge in [-0.3, -0.25) is 9.36 Å². The number of fused-ring (bicyclic) bond motifs is 1. The van der Waals surface area contributed by atoms with Gasteiger partial charge in [0.25, 0.3) is 5.56 Å². The van der Waals surface area contributed by atoms with Crippen molar-refractivity contribution in [2.45, 2.75) is 11.4 Å². The number of halogens is 1. The lowest BCUT2D eigenvalue weighted by Crippen LogP contribution is -2.31. The van der Waals surface area contributed by atoms with Gasteiger partial charge in [-0.1, -0.05) is 11.6 Å². The van der Waals surface area contributed by atoms with Gasteiger partial charge in [0.05, 0.1) is 16.7 Å². The second kappa shape index (κ2) is 6.15. The summed E-state index contributed by atoms with van der Waals surface area (Å²) in [5.41, 5.74) is 0.728. The van der Waals surface area contributed by atoms with Gasteiger partial charge in [0.15, 0.2) is 0 Å². The summed E-state index contributed by atoms with van der Waals surface area (Å²) in [6, 6.07) is 7.55. The highest BCUT2D eigenvalue weighted by Gasteiger charge is 2.13. The van der Waals surface area contributed by atoms with Gasteiger partial charge in [-0.05, 0) is 30.3 Å². The smallest absolute Gasteiger partial charge is 0.277 e. The Morgan fingerprint density at radius 3 is 2.70 bits per heavy atom. The van der Waals surface area contributed by atoms with Gasteiger partial charge in [0.2, 0.25) is 10.0 Å². The first-order chi connectivity index (χ1) is 11.0. The van der Waals surface area contributed by atoms with Gasteiger partial charge in [-0.25, -0.2) is 18.1 Å². The van der Waals surface area contributed by atoms with E-state index in [4.69, 9.17) is 11.6 Å². The molecule has 0 saturated heterocycles. The van der Waals surface area contributed by atoms with Crippen molar-refractivity contribution in [3.8, 4) is 0 Å². The summed E-state index contributed by atoms with van der Waals surface area (Å²) >= 11 is 5.74. The van der Waals surface area contributed by atoms with Crippen LogP contribution in [0.25, 0.3) is 11.0 Å². The highest BCUT2D eigenvalue weighted by molar-refractivity contribution is 7.89. The number of rotatable bonds is 5. The topological polar surface area (TPSA) is 96.8 Å². The van der Waals surface area contributed by atoms with Gasteiger partial charge >= 0.3 is 0 Å².